The van der Waals surface area contributed by atoms with Gasteiger partial charge in [-0.05, 0) is 63.6 Å². The first-order chi connectivity index (χ1) is 16.5. The molecule has 0 N–H and O–H groups in total. The van der Waals surface area contributed by atoms with Crippen LogP contribution in [0.1, 0.15) is 36.4 Å². The van der Waals surface area contributed by atoms with Crippen molar-refractivity contribution in [3.63, 3.8) is 0 Å². The lowest BCUT2D eigenvalue weighted by atomic mass is 10.0. The van der Waals surface area contributed by atoms with Crippen LogP contribution in [0.3, 0.4) is 0 Å². The van der Waals surface area contributed by atoms with Crippen LogP contribution < -0.4 is 4.74 Å². The summed E-state index contributed by atoms with van der Waals surface area (Å²) in [4.78, 5) is 19.6. The minimum absolute atomic E-state index is 0.0861. The van der Waals surface area contributed by atoms with E-state index in [0.717, 1.165) is 46.0 Å². The highest BCUT2D eigenvalue weighted by Crippen LogP contribution is 2.29. The highest BCUT2D eigenvalue weighted by molar-refractivity contribution is 5.84. The molecule has 6 nitrogen and oxygen atoms in total. The average molecular weight is 457 g/mol. The van der Waals surface area contributed by atoms with Crippen LogP contribution in [0.15, 0.2) is 60.7 Å². The molecule has 6 heteroatoms. The third kappa shape index (κ3) is 5.11. The van der Waals surface area contributed by atoms with Crippen LogP contribution in [-0.4, -0.2) is 45.1 Å². The first kappa shape index (κ1) is 23.5. The number of hydrogen-bond acceptors (Lipinski definition) is 4. The molecule has 4 rings (SSSR count). The zero-order chi connectivity index (χ0) is 24.1. The Morgan fingerprint density at radius 3 is 2.38 bits per heavy atom. The molecule has 2 aromatic carbocycles. The van der Waals surface area contributed by atoms with Crippen molar-refractivity contribution in [2.75, 3.05) is 19.7 Å². The lowest BCUT2D eigenvalue weighted by Gasteiger charge is -2.18. The number of carbonyl (C=O) groups is 1. The monoisotopic (exact) mass is 456 g/mol. The van der Waals surface area contributed by atoms with E-state index >= 15 is 0 Å². The van der Waals surface area contributed by atoms with Crippen LogP contribution >= 0.6 is 0 Å². The Labute approximate surface area is 201 Å². The Morgan fingerprint density at radius 2 is 1.71 bits per heavy atom. The van der Waals surface area contributed by atoms with E-state index in [1.54, 1.807) is 0 Å². The van der Waals surface area contributed by atoms with Gasteiger partial charge in [-0.15, -0.1) is 0 Å². The number of nitrogens with zero attached hydrogens (tertiary/aromatic N) is 4. The van der Waals surface area contributed by atoms with Gasteiger partial charge in [-0.1, -0.05) is 30.3 Å². The van der Waals surface area contributed by atoms with Crippen molar-refractivity contribution >= 4 is 11.6 Å². The third-order valence-electron chi connectivity index (χ3n) is 6.06. The summed E-state index contributed by atoms with van der Waals surface area (Å²) in [5.74, 6) is 0.900. The van der Waals surface area contributed by atoms with Gasteiger partial charge in [0.15, 0.2) is 5.65 Å². The second-order valence-corrected chi connectivity index (χ2v) is 8.45. The van der Waals surface area contributed by atoms with Gasteiger partial charge < -0.3 is 9.64 Å². The van der Waals surface area contributed by atoms with Crippen LogP contribution in [-0.2, 0) is 17.6 Å². The summed E-state index contributed by atoms with van der Waals surface area (Å²) < 4.78 is 7.80. The summed E-state index contributed by atoms with van der Waals surface area (Å²) in [6.45, 7) is 9.97. The zero-order valence-corrected chi connectivity index (χ0v) is 20.4. The van der Waals surface area contributed by atoms with Crippen molar-refractivity contribution < 1.29 is 9.53 Å². The number of benzene rings is 2. The van der Waals surface area contributed by atoms with E-state index in [0.29, 0.717) is 19.7 Å². The second-order valence-electron chi connectivity index (χ2n) is 8.45. The highest BCUT2D eigenvalue weighted by atomic mass is 16.5. The highest BCUT2D eigenvalue weighted by Gasteiger charge is 2.22. The molecule has 4 aromatic rings. The van der Waals surface area contributed by atoms with Crippen LogP contribution in [0.25, 0.3) is 16.9 Å². The molecule has 2 aromatic heterocycles. The quantitative estimate of drug-likeness (QED) is 0.354. The van der Waals surface area contributed by atoms with Crippen LogP contribution in [0.4, 0.5) is 0 Å². The fourth-order valence-electron chi connectivity index (χ4n) is 4.24. The van der Waals surface area contributed by atoms with E-state index in [1.807, 2.05) is 85.6 Å². The van der Waals surface area contributed by atoms with E-state index in [4.69, 9.17) is 14.8 Å². The molecule has 0 radical (unpaired) electrons. The predicted molar refractivity (Wildman–Crippen MR) is 135 cm³/mol. The molecule has 176 valence electrons. The summed E-state index contributed by atoms with van der Waals surface area (Å²) in [6, 6.07) is 20.3. The second kappa shape index (κ2) is 10.5. The molecule has 1 amide bonds. The molecule has 2 heterocycles. The van der Waals surface area contributed by atoms with Gasteiger partial charge >= 0.3 is 0 Å². The van der Waals surface area contributed by atoms with Crippen molar-refractivity contribution in [2.24, 2.45) is 0 Å². The Kier molecular flexibility index (Phi) is 7.26. The molecule has 0 aliphatic heterocycles. The maximum Gasteiger partial charge on any atom is 0.227 e. The smallest absolute Gasteiger partial charge is 0.227 e. The van der Waals surface area contributed by atoms with Gasteiger partial charge in [0.05, 0.1) is 18.7 Å². The lowest BCUT2D eigenvalue weighted by Crippen LogP contribution is -2.31. The fraction of sp³-hybridized carbons (Fsp3) is 0.321. The molecule has 0 saturated carbocycles. The molecule has 0 spiro atoms. The maximum atomic E-state index is 13.0. The number of amides is 1. The summed E-state index contributed by atoms with van der Waals surface area (Å²) in [7, 11) is 0. The molecular weight excluding hydrogens is 424 g/mol. The summed E-state index contributed by atoms with van der Waals surface area (Å²) in [5.41, 5.74) is 6.50. The number of hydrogen-bond donors (Lipinski definition) is 0. The molecule has 0 unspecified atom stereocenters. The molecule has 0 fully saturated rings. The van der Waals surface area contributed by atoms with E-state index in [-0.39, 0.29) is 12.3 Å². The van der Waals surface area contributed by atoms with Gasteiger partial charge in [-0.25, -0.2) is 9.50 Å². The SMILES string of the molecule is CCN(CC)C(=O)Cc1c(-c2ccc(OCCc3ccccc3)cc2)nn2c(C)cc(C)nc12. The first-order valence-corrected chi connectivity index (χ1v) is 11.9. The Morgan fingerprint density at radius 1 is 1.00 bits per heavy atom. The van der Waals surface area contributed by atoms with Crippen molar-refractivity contribution in [2.45, 2.75) is 40.5 Å². The molecule has 0 bridgehead atoms. The van der Waals surface area contributed by atoms with Crippen molar-refractivity contribution in [3.05, 3.63) is 83.2 Å². The minimum atomic E-state index is 0.0861. The number of aryl methyl sites for hydroxylation is 2. The van der Waals surface area contributed by atoms with Crippen LogP contribution in [0.5, 0.6) is 5.75 Å². The summed E-state index contributed by atoms with van der Waals surface area (Å²) >= 11 is 0. The summed E-state index contributed by atoms with van der Waals surface area (Å²) in [5, 5.41) is 4.86. The molecule has 0 saturated heterocycles. The van der Waals surface area contributed by atoms with Gasteiger partial charge in [-0.3, -0.25) is 4.79 Å². The van der Waals surface area contributed by atoms with E-state index < -0.39 is 0 Å². The van der Waals surface area contributed by atoms with Crippen molar-refractivity contribution in [1.82, 2.24) is 19.5 Å². The van der Waals surface area contributed by atoms with Crippen LogP contribution in [0.2, 0.25) is 0 Å². The van der Waals surface area contributed by atoms with Crippen molar-refractivity contribution in [1.29, 1.82) is 0 Å². The minimum Gasteiger partial charge on any atom is -0.493 e. The number of rotatable bonds is 9. The topological polar surface area (TPSA) is 59.7 Å². The van der Waals surface area contributed by atoms with Crippen LogP contribution in [0, 0.1) is 13.8 Å². The number of ether oxygens (including phenoxy) is 1. The van der Waals surface area contributed by atoms with Crippen molar-refractivity contribution in [3.8, 4) is 17.0 Å². The number of likely N-dealkylation sites (N-methyl/N-ethyl adjacent to an activating group) is 1. The standard InChI is InChI=1S/C28H32N4O2/c1-5-31(6-2)26(33)19-25-27(30-32-21(4)18-20(3)29-28(25)32)23-12-14-24(15-13-23)34-17-16-22-10-8-7-9-11-22/h7-15,18H,5-6,16-17,19H2,1-4H3. The lowest BCUT2D eigenvalue weighted by molar-refractivity contribution is -0.130. The Bertz CT molecular complexity index is 1260. The fourth-order valence-corrected chi connectivity index (χ4v) is 4.24. The van der Waals surface area contributed by atoms with E-state index in [9.17, 15) is 4.79 Å². The Balaban J connectivity index is 1.61. The third-order valence-corrected chi connectivity index (χ3v) is 6.06. The molecule has 0 atom stereocenters. The zero-order valence-electron chi connectivity index (χ0n) is 20.4. The van der Waals surface area contributed by atoms with Gasteiger partial charge in [-0.2, -0.15) is 5.10 Å². The molecular formula is C28H32N4O2. The number of aromatic nitrogens is 3. The van der Waals surface area contributed by atoms with E-state index in [2.05, 4.69) is 12.1 Å². The Hall–Kier alpha value is -3.67. The van der Waals surface area contributed by atoms with Gasteiger partial charge in [0.1, 0.15) is 5.75 Å². The maximum absolute atomic E-state index is 13.0. The molecule has 0 aliphatic rings. The van der Waals surface area contributed by atoms with E-state index in [1.165, 1.54) is 5.56 Å². The van der Waals surface area contributed by atoms with Gasteiger partial charge in [0, 0.05) is 42.0 Å². The number of carbonyl (C=O) groups excluding carboxylic acids is 1. The molecule has 34 heavy (non-hydrogen) atoms. The average Bonchev–Trinajstić information content (AvgIpc) is 3.19. The van der Waals surface area contributed by atoms with Gasteiger partial charge in [0.2, 0.25) is 5.91 Å². The largest absolute Gasteiger partial charge is 0.493 e. The summed E-state index contributed by atoms with van der Waals surface area (Å²) in [6.07, 6.45) is 1.13. The first-order valence-electron chi connectivity index (χ1n) is 11.9. The molecule has 0 aliphatic carbocycles. The predicted octanol–water partition coefficient (Wildman–Crippen LogP) is 5.05. The van der Waals surface area contributed by atoms with Gasteiger partial charge in [0.25, 0.3) is 0 Å². The normalized spacial score (nSPS) is 11.1. The number of fused-ring (bicyclic) bond motifs is 1.